The molecule has 1 heterocycles. The Morgan fingerprint density at radius 1 is 0.933 bits per heavy atom. The van der Waals surface area contributed by atoms with Crippen LogP contribution in [0, 0.1) is 13.8 Å². The molecule has 0 atom stereocenters. The SMILES string of the molecule is CCOc1ccc(/C=C2/N=C(c3ccc(C)cc3)N(c3cccc(C)c3)C2=O)cc1. The summed E-state index contributed by atoms with van der Waals surface area (Å²) in [6.07, 6.45) is 1.82. The first-order chi connectivity index (χ1) is 14.5. The van der Waals surface area contributed by atoms with Crippen LogP contribution in [0.25, 0.3) is 6.08 Å². The van der Waals surface area contributed by atoms with Gasteiger partial charge in [-0.05, 0) is 62.2 Å². The van der Waals surface area contributed by atoms with Crippen molar-refractivity contribution in [2.75, 3.05) is 11.5 Å². The largest absolute Gasteiger partial charge is 0.494 e. The molecule has 0 unspecified atom stereocenters. The van der Waals surface area contributed by atoms with Crippen molar-refractivity contribution in [1.82, 2.24) is 0 Å². The second kappa shape index (κ2) is 8.37. The Hall–Kier alpha value is -3.66. The summed E-state index contributed by atoms with van der Waals surface area (Å²) in [5.74, 6) is 1.32. The minimum atomic E-state index is -0.134. The van der Waals surface area contributed by atoms with E-state index in [1.807, 2.05) is 99.6 Å². The van der Waals surface area contributed by atoms with Gasteiger partial charge in [0.1, 0.15) is 17.3 Å². The summed E-state index contributed by atoms with van der Waals surface area (Å²) in [5.41, 5.74) is 5.29. The molecule has 150 valence electrons. The fourth-order valence-electron chi connectivity index (χ4n) is 3.40. The number of aliphatic imine (C=N–C) groups is 1. The van der Waals surface area contributed by atoms with Crippen LogP contribution in [0.3, 0.4) is 0 Å². The first kappa shape index (κ1) is 19.6. The van der Waals surface area contributed by atoms with E-state index in [-0.39, 0.29) is 5.91 Å². The molecule has 0 aromatic heterocycles. The van der Waals surface area contributed by atoms with Crippen LogP contribution in [0.4, 0.5) is 5.69 Å². The zero-order valence-corrected chi connectivity index (χ0v) is 17.4. The van der Waals surface area contributed by atoms with Gasteiger partial charge in [-0.25, -0.2) is 4.99 Å². The summed E-state index contributed by atoms with van der Waals surface area (Å²) in [6, 6.07) is 23.7. The minimum absolute atomic E-state index is 0.134. The van der Waals surface area contributed by atoms with Crippen LogP contribution < -0.4 is 9.64 Å². The maximum absolute atomic E-state index is 13.4. The molecule has 0 aliphatic carbocycles. The number of hydrogen-bond donors (Lipinski definition) is 0. The van der Waals surface area contributed by atoms with E-state index in [1.54, 1.807) is 4.90 Å². The van der Waals surface area contributed by atoms with E-state index in [9.17, 15) is 4.79 Å². The Morgan fingerprint density at radius 3 is 2.33 bits per heavy atom. The molecular weight excluding hydrogens is 372 g/mol. The number of hydrogen-bond acceptors (Lipinski definition) is 3. The molecule has 0 bridgehead atoms. The van der Waals surface area contributed by atoms with Crippen molar-refractivity contribution >= 4 is 23.5 Å². The summed E-state index contributed by atoms with van der Waals surface area (Å²) in [7, 11) is 0. The quantitative estimate of drug-likeness (QED) is 0.532. The fourth-order valence-corrected chi connectivity index (χ4v) is 3.40. The lowest BCUT2D eigenvalue weighted by Gasteiger charge is -2.19. The maximum Gasteiger partial charge on any atom is 0.282 e. The van der Waals surface area contributed by atoms with Crippen molar-refractivity contribution < 1.29 is 9.53 Å². The molecule has 4 nitrogen and oxygen atoms in total. The molecule has 0 spiro atoms. The molecular formula is C26H24N2O2. The second-order valence-corrected chi connectivity index (χ2v) is 7.31. The van der Waals surface area contributed by atoms with Crippen LogP contribution in [-0.2, 0) is 4.79 Å². The Labute approximate surface area is 177 Å². The number of benzene rings is 3. The van der Waals surface area contributed by atoms with Crippen LogP contribution in [0.2, 0.25) is 0 Å². The van der Waals surface area contributed by atoms with Gasteiger partial charge in [0.25, 0.3) is 5.91 Å². The first-order valence-corrected chi connectivity index (χ1v) is 10.1. The van der Waals surface area contributed by atoms with E-state index in [2.05, 4.69) is 0 Å². The van der Waals surface area contributed by atoms with Crippen LogP contribution in [0.15, 0.2) is 83.5 Å². The Balaban J connectivity index is 1.76. The van der Waals surface area contributed by atoms with Crippen LogP contribution in [0.5, 0.6) is 5.75 Å². The Kier molecular flexibility index (Phi) is 5.48. The lowest BCUT2D eigenvalue weighted by molar-refractivity contribution is -0.113. The minimum Gasteiger partial charge on any atom is -0.494 e. The van der Waals surface area contributed by atoms with Crippen molar-refractivity contribution in [2.24, 2.45) is 4.99 Å². The predicted molar refractivity (Wildman–Crippen MR) is 122 cm³/mol. The van der Waals surface area contributed by atoms with Gasteiger partial charge in [-0.1, -0.05) is 54.1 Å². The highest BCUT2D eigenvalue weighted by atomic mass is 16.5. The number of carbonyl (C=O) groups is 1. The first-order valence-electron chi connectivity index (χ1n) is 10.1. The third kappa shape index (κ3) is 4.03. The van der Waals surface area contributed by atoms with Crippen molar-refractivity contribution in [1.29, 1.82) is 0 Å². The molecule has 0 saturated carbocycles. The number of amidine groups is 1. The molecule has 4 rings (SSSR count). The lowest BCUT2D eigenvalue weighted by atomic mass is 10.1. The van der Waals surface area contributed by atoms with Gasteiger partial charge in [0, 0.05) is 5.56 Å². The number of ether oxygens (including phenoxy) is 1. The number of rotatable bonds is 5. The van der Waals surface area contributed by atoms with E-state index < -0.39 is 0 Å². The van der Waals surface area contributed by atoms with Crippen molar-refractivity contribution in [3.8, 4) is 5.75 Å². The molecule has 4 heteroatoms. The Bertz CT molecular complexity index is 1130. The molecule has 1 aliphatic rings. The number of nitrogens with zero attached hydrogens (tertiary/aromatic N) is 2. The van der Waals surface area contributed by atoms with E-state index in [4.69, 9.17) is 9.73 Å². The Morgan fingerprint density at radius 2 is 1.67 bits per heavy atom. The summed E-state index contributed by atoms with van der Waals surface area (Å²) in [6.45, 7) is 6.63. The summed E-state index contributed by atoms with van der Waals surface area (Å²) in [5, 5.41) is 0. The molecule has 3 aromatic rings. The van der Waals surface area contributed by atoms with Gasteiger partial charge in [0.15, 0.2) is 0 Å². The molecule has 0 saturated heterocycles. The molecule has 30 heavy (non-hydrogen) atoms. The van der Waals surface area contributed by atoms with Crippen LogP contribution in [0.1, 0.15) is 29.2 Å². The molecule has 1 amide bonds. The third-order valence-corrected chi connectivity index (χ3v) is 4.92. The highest BCUT2D eigenvalue weighted by Gasteiger charge is 2.32. The van der Waals surface area contributed by atoms with Crippen molar-refractivity contribution in [3.05, 3.63) is 101 Å². The zero-order valence-electron chi connectivity index (χ0n) is 17.4. The standard InChI is InChI=1S/C26H24N2O2/c1-4-30-23-14-10-20(11-15-23)17-24-26(29)28(22-7-5-6-19(3)16-22)25(27-24)21-12-8-18(2)9-13-21/h5-17H,4H2,1-3H3/b24-17+. The van der Waals surface area contributed by atoms with Crippen LogP contribution in [-0.4, -0.2) is 18.3 Å². The summed E-state index contributed by atoms with van der Waals surface area (Å²) < 4.78 is 5.50. The monoisotopic (exact) mass is 396 g/mol. The van der Waals surface area contributed by atoms with E-state index in [0.717, 1.165) is 33.7 Å². The van der Waals surface area contributed by atoms with Gasteiger partial charge in [-0.2, -0.15) is 0 Å². The number of carbonyl (C=O) groups excluding carboxylic acids is 1. The lowest BCUT2D eigenvalue weighted by Crippen LogP contribution is -2.32. The topological polar surface area (TPSA) is 41.9 Å². The van der Waals surface area contributed by atoms with Crippen molar-refractivity contribution in [2.45, 2.75) is 20.8 Å². The number of aryl methyl sites for hydroxylation is 2. The third-order valence-electron chi connectivity index (χ3n) is 4.92. The van der Waals surface area contributed by atoms with Crippen LogP contribution >= 0.6 is 0 Å². The smallest absolute Gasteiger partial charge is 0.282 e. The van der Waals surface area contributed by atoms with Gasteiger partial charge in [0.2, 0.25) is 0 Å². The normalized spacial score (nSPS) is 14.9. The molecule has 0 fully saturated rings. The predicted octanol–water partition coefficient (Wildman–Crippen LogP) is 5.54. The molecule has 1 aliphatic heterocycles. The summed E-state index contributed by atoms with van der Waals surface area (Å²) >= 11 is 0. The van der Waals surface area contributed by atoms with E-state index in [1.165, 1.54) is 0 Å². The number of anilines is 1. The van der Waals surface area contributed by atoms with Gasteiger partial charge >= 0.3 is 0 Å². The second-order valence-electron chi connectivity index (χ2n) is 7.31. The van der Waals surface area contributed by atoms with E-state index >= 15 is 0 Å². The highest BCUT2D eigenvalue weighted by Crippen LogP contribution is 2.29. The molecule has 0 N–H and O–H groups in total. The summed E-state index contributed by atoms with van der Waals surface area (Å²) in [4.78, 5) is 19.8. The van der Waals surface area contributed by atoms with Gasteiger partial charge in [-0.15, -0.1) is 0 Å². The average Bonchev–Trinajstić information content (AvgIpc) is 3.06. The average molecular weight is 396 g/mol. The fraction of sp³-hybridized carbons (Fsp3) is 0.154. The highest BCUT2D eigenvalue weighted by molar-refractivity contribution is 6.33. The molecule has 0 radical (unpaired) electrons. The van der Waals surface area contributed by atoms with Crippen molar-refractivity contribution in [3.63, 3.8) is 0 Å². The number of amides is 1. The van der Waals surface area contributed by atoms with Gasteiger partial charge < -0.3 is 4.74 Å². The van der Waals surface area contributed by atoms with E-state index in [0.29, 0.717) is 18.1 Å². The van der Waals surface area contributed by atoms with Gasteiger partial charge in [-0.3, -0.25) is 9.69 Å². The molecule has 3 aromatic carbocycles. The zero-order chi connectivity index (χ0) is 21.1. The maximum atomic E-state index is 13.4. The van der Waals surface area contributed by atoms with Gasteiger partial charge in [0.05, 0.1) is 12.3 Å².